The molecule has 1 aromatic heterocycles. The van der Waals surface area contributed by atoms with Gasteiger partial charge in [0.15, 0.2) is 0 Å². The summed E-state index contributed by atoms with van der Waals surface area (Å²) in [5.74, 6) is -0.0402. The highest BCUT2D eigenvalue weighted by atomic mass is 35.5. The lowest BCUT2D eigenvalue weighted by atomic mass is 10.1. The molecule has 0 unspecified atom stereocenters. The molecule has 0 saturated carbocycles. The quantitative estimate of drug-likeness (QED) is 0.841. The van der Waals surface area contributed by atoms with E-state index < -0.39 is 0 Å². The summed E-state index contributed by atoms with van der Waals surface area (Å²) in [6.07, 6.45) is 0. The Bertz CT molecular complexity index is 831. The number of amides is 2. The summed E-state index contributed by atoms with van der Waals surface area (Å²) in [4.78, 5) is 29.0. The van der Waals surface area contributed by atoms with Crippen LogP contribution in [0.4, 0.5) is 0 Å². The van der Waals surface area contributed by atoms with Crippen molar-refractivity contribution < 1.29 is 9.59 Å². The van der Waals surface area contributed by atoms with Gasteiger partial charge in [0.05, 0.1) is 0 Å². The summed E-state index contributed by atoms with van der Waals surface area (Å²) >= 11 is 6.25. The van der Waals surface area contributed by atoms with Gasteiger partial charge in [-0.25, -0.2) is 0 Å². The Morgan fingerprint density at radius 3 is 2.92 bits per heavy atom. The molecule has 0 bridgehead atoms. The van der Waals surface area contributed by atoms with Crippen molar-refractivity contribution in [2.45, 2.75) is 6.04 Å². The van der Waals surface area contributed by atoms with E-state index in [1.165, 1.54) is 0 Å². The zero-order chi connectivity index (χ0) is 16.8. The molecule has 4 rings (SSSR count). The Morgan fingerprint density at radius 1 is 1.29 bits per heavy atom. The first kappa shape index (κ1) is 15.5. The number of nitrogens with zero attached hydrogens (tertiary/aromatic N) is 3. The van der Waals surface area contributed by atoms with Gasteiger partial charge in [-0.1, -0.05) is 17.7 Å². The van der Waals surface area contributed by atoms with Gasteiger partial charge in [0.2, 0.25) is 5.91 Å². The highest BCUT2D eigenvalue weighted by Gasteiger charge is 2.37. The third-order valence-electron chi connectivity index (χ3n) is 5.03. The molecule has 2 aliphatic rings. The van der Waals surface area contributed by atoms with Crippen molar-refractivity contribution in [3.63, 3.8) is 0 Å². The molecule has 6 nitrogen and oxygen atoms in total. The van der Waals surface area contributed by atoms with Crippen LogP contribution in [0, 0.1) is 0 Å². The normalized spacial score (nSPS) is 21.7. The Labute approximate surface area is 145 Å². The van der Waals surface area contributed by atoms with Crippen LogP contribution in [-0.4, -0.2) is 64.9 Å². The van der Waals surface area contributed by atoms with Crippen LogP contribution in [0.1, 0.15) is 10.5 Å². The second kappa shape index (κ2) is 5.79. The molecule has 0 radical (unpaired) electrons. The van der Waals surface area contributed by atoms with Crippen molar-refractivity contribution in [3.05, 3.63) is 35.0 Å². The van der Waals surface area contributed by atoms with E-state index in [-0.39, 0.29) is 17.9 Å². The molecule has 2 aliphatic heterocycles. The zero-order valence-corrected chi connectivity index (χ0v) is 14.2. The summed E-state index contributed by atoms with van der Waals surface area (Å²) in [7, 11) is 1.87. The monoisotopic (exact) mass is 346 g/mol. The van der Waals surface area contributed by atoms with Crippen LogP contribution in [0.2, 0.25) is 5.02 Å². The Morgan fingerprint density at radius 2 is 2.12 bits per heavy atom. The largest absolute Gasteiger partial charge is 0.353 e. The van der Waals surface area contributed by atoms with Gasteiger partial charge in [0.25, 0.3) is 5.91 Å². The Balaban J connectivity index is 1.63. The molecule has 0 spiro atoms. The molecule has 2 fully saturated rings. The summed E-state index contributed by atoms with van der Waals surface area (Å²) in [5, 5.41) is 4.39. The number of hydrogen-bond acceptors (Lipinski definition) is 3. The number of aryl methyl sites for hydroxylation is 1. The molecule has 24 heavy (non-hydrogen) atoms. The van der Waals surface area contributed by atoms with Gasteiger partial charge < -0.3 is 14.8 Å². The van der Waals surface area contributed by atoms with Crippen molar-refractivity contribution >= 4 is 34.3 Å². The lowest BCUT2D eigenvalue weighted by Crippen LogP contribution is -2.64. The average molecular weight is 347 g/mol. The number of carbonyl (C=O) groups excluding carboxylic acids is 2. The molecule has 2 aromatic rings. The smallest absolute Gasteiger partial charge is 0.270 e. The lowest BCUT2D eigenvalue weighted by molar-refractivity contribution is -0.131. The maximum atomic E-state index is 13.0. The highest BCUT2D eigenvalue weighted by Crippen LogP contribution is 2.27. The van der Waals surface area contributed by atoms with Gasteiger partial charge in [-0.2, -0.15) is 0 Å². The molecule has 1 N–H and O–H groups in total. The van der Waals surface area contributed by atoms with Crippen LogP contribution in [-0.2, 0) is 11.8 Å². The van der Waals surface area contributed by atoms with E-state index in [1.807, 2.05) is 35.9 Å². The number of piperazine rings is 2. The predicted molar refractivity (Wildman–Crippen MR) is 92.2 cm³/mol. The number of aromatic nitrogens is 1. The molecule has 3 heterocycles. The topological polar surface area (TPSA) is 57.6 Å². The SMILES string of the molecule is Cn1c(C(=O)N2CCN3CCNC(=O)[C@H]3C2)cc2c(Cl)cccc21. The van der Waals surface area contributed by atoms with Crippen molar-refractivity contribution in [1.82, 2.24) is 19.7 Å². The fourth-order valence-electron chi connectivity index (χ4n) is 3.65. The summed E-state index contributed by atoms with van der Waals surface area (Å²) in [6, 6.07) is 7.25. The van der Waals surface area contributed by atoms with Gasteiger partial charge in [-0.3, -0.25) is 14.5 Å². The average Bonchev–Trinajstić information content (AvgIpc) is 2.93. The Hall–Kier alpha value is -2.05. The fraction of sp³-hybridized carbons (Fsp3) is 0.412. The van der Waals surface area contributed by atoms with E-state index >= 15 is 0 Å². The van der Waals surface area contributed by atoms with E-state index in [0.29, 0.717) is 30.4 Å². The number of benzene rings is 1. The first-order valence-corrected chi connectivity index (χ1v) is 8.49. The molecule has 2 saturated heterocycles. The van der Waals surface area contributed by atoms with E-state index in [9.17, 15) is 9.59 Å². The first-order chi connectivity index (χ1) is 11.6. The van der Waals surface area contributed by atoms with Crippen LogP contribution in [0.3, 0.4) is 0 Å². The number of rotatable bonds is 1. The molecule has 126 valence electrons. The van der Waals surface area contributed by atoms with E-state index in [2.05, 4.69) is 10.2 Å². The fourth-order valence-corrected chi connectivity index (χ4v) is 3.88. The van der Waals surface area contributed by atoms with E-state index in [0.717, 1.165) is 24.0 Å². The van der Waals surface area contributed by atoms with Gasteiger partial charge in [0, 0.05) is 55.7 Å². The number of halogens is 1. The minimum absolute atomic E-state index is 0.0128. The minimum Gasteiger partial charge on any atom is -0.353 e. The second-order valence-corrected chi connectivity index (χ2v) is 6.76. The third kappa shape index (κ3) is 2.37. The number of nitrogens with one attached hydrogen (secondary N) is 1. The number of hydrogen-bond donors (Lipinski definition) is 1. The maximum absolute atomic E-state index is 13.0. The van der Waals surface area contributed by atoms with Crippen LogP contribution in [0.15, 0.2) is 24.3 Å². The van der Waals surface area contributed by atoms with Crippen molar-refractivity contribution in [1.29, 1.82) is 0 Å². The Kier molecular flexibility index (Phi) is 3.73. The number of fused-ring (bicyclic) bond motifs is 2. The van der Waals surface area contributed by atoms with E-state index in [4.69, 9.17) is 11.6 Å². The van der Waals surface area contributed by atoms with E-state index in [1.54, 1.807) is 4.90 Å². The second-order valence-electron chi connectivity index (χ2n) is 6.36. The zero-order valence-electron chi connectivity index (χ0n) is 13.5. The number of carbonyl (C=O) groups is 2. The predicted octanol–water partition coefficient (Wildman–Crippen LogP) is 1.09. The van der Waals surface area contributed by atoms with Gasteiger partial charge in [-0.15, -0.1) is 0 Å². The first-order valence-electron chi connectivity index (χ1n) is 8.11. The molecule has 1 aromatic carbocycles. The third-order valence-corrected chi connectivity index (χ3v) is 5.36. The van der Waals surface area contributed by atoms with Crippen molar-refractivity contribution in [3.8, 4) is 0 Å². The highest BCUT2D eigenvalue weighted by molar-refractivity contribution is 6.35. The van der Waals surface area contributed by atoms with Crippen LogP contribution in [0.5, 0.6) is 0 Å². The lowest BCUT2D eigenvalue weighted by Gasteiger charge is -2.42. The van der Waals surface area contributed by atoms with Gasteiger partial charge in [0.1, 0.15) is 11.7 Å². The summed E-state index contributed by atoms with van der Waals surface area (Å²) in [5.41, 5.74) is 1.53. The van der Waals surface area contributed by atoms with Gasteiger partial charge in [-0.05, 0) is 18.2 Å². The molecular formula is C17H19ClN4O2. The van der Waals surface area contributed by atoms with Crippen LogP contribution >= 0.6 is 11.6 Å². The molecule has 0 aliphatic carbocycles. The van der Waals surface area contributed by atoms with Crippen LogP contribution in [0.25, 0.3) is 10.9 Å². The molecule has 1 atom stereocenters. The van der Waals surface area contributed by atoms with Crippen molar-refractivity contribution in [2.24, 2.45) is 7.05 Å². The summed E-state index contributed by atoms with van der Waals surface area (Å²) < 4.78 is 1.87. The summed E-state index contributed by atoms with van der Waals surface area (Å²) in [6.45, 7) is 3.33. The van der Waals surface area contributed by atoms with Crippen LogP contribution < -0.4 is 5.32 Å². The minimum atomic E-state index is -0.241. The molecular weight excluding hydrogens is 328 g/mol. The standard InChI is InChI=1S/C17H19ClN4O2/c1-20-13-4-2-3-12(18)11(13)9-14(20)17(24)22-8-7-21-6-5-19-16(23)15(21)10-22/h2-4,9,15H,5-8,10H2,1H3,(H,19,23)/t15-/m1/s1. The molecule has 7 heteroatoms. The molecule has 2 amide bonds. The maximum Gasteiger partial charge on any atom is 0.270 e. The van der Waals surface area contributed by atoms with Gasteiger partial charge >= 0.3 is 0 Å². The van der Waals surface area contributed by atoms with Crippen molar-refractivity contribution in [2.75, 3.05) is 32.7 Å².